The van der Waals surface area contributed by atoms with Gasteiger partial charge >= 0.3 is 0 Å². The fraction of sp³-hybridized carbons (Fsp3) is 0.417. The molecule has 0 atom stereocenters. The van der Waals surface area contributed by atoms with E-state index in [2.05, 4.69) is 16.8 Å². The third-order valence-electron chi connectivity index (χ3n) is 2.38. The Bertz CT molecular complexity index is 586. The summed E-state index contributed by atoms with van der Waals surface area (Å²) in [7, 11) is -3.82. The number of aliphatic hydroxyl groups excluding tert-OH is 2. The molecule has 1 heterocycles. The summed E-state index contributed by atoms with van der Waals surface area (Å²) in [6.07, 6.45) is 2.63. The Morgan fingerprint density at radius 3 is 2.45 bits per heavy atom. The number of nitrogens with two attached hydrogens (primary N) is 1. The fourth-order valence-electron chi connectivity index (χ4n) is 1.51. The lowest BCUT2D eigenvalue weighted by atomic mass is 10.3. The van der Waals surface area contributed by atoms with E-state index in [1.807, 2.05) is 0 Å². The molecule has 0 saturated heterocycles. The molecule has 0 unspecified atom stereocenters. The maximum atomic E-state index is 12.3. The van der Waals surface area contributed by atoms with Crippen LogP contribution in [-0.2, 0) is 10.0 Å². The van der Waals surface area contributed by atoms with Gasteiger partial charge in [0.25, 0.3) is 0 Å². The SMILES string of the molecule is NCC#Cc1cncc(S(=O)(=O)N(CCO)CCO)c1. The van der Waals surface area contributed by atoms with Crippen LogP contribution in [0.1, 0.15) is 5.56 Å². The molecule has 0 amide bonds. The Hall–Kier alpha value is -1.50. The first-order valence-corrected chi connectivity index (χ1v) is 7.36. The normalized spacial score (nSPS) is 11.2. The van der Waals surface area contributed by atoms with E-state index < -0.39 is 10.0 Å². The van der Waals surface area contributed by atoms with E-state index in [9.17, 15) is 8.42 Å². The summed E-state index contributed by atoms with van der Waals surface area (Å²) in [6.45, 7) is -0.694. The minimum atomic E-state index is -3.82. The number of hydrogen-bond acceptors (Lipinski definition) is 6. The zero-order valence-corrected chi connectivity index (χ0v) is 11.7. The van der Waals surface area contributed by atoms with Crippen molar-refractivity contribution in [2.24, 2.45) is 5.73 Å². The largest absolute Gasteiger partial charge is 0.395 e. The first kappa shape index (κ1) is 16.6. The van der Waals surface area contributed by atoms with Gasteiger partial charge in [-0.2, -0.15) is 4.31 Å². The second kappa shape index (κ2) is 7.94. The van der Waals surface area contributed by atoms with E-state index in [1.54, 1.807) is 0 Å². The van der Waals surface area contributed by atoms with Crippen LogP contribution in [0.25, 0.3) is 0 Å². The summed E-state index contributed by atoms with van der Waals surface area (Å²) in [6, 6.07) is 1.38. The molecule has 0 fully saturated rings. The van der Waals surface area contributed by atoms with E-state index in [-0.39, 0.29) is 37.7 Å². The van der Waals surface area contributed by atoms with Crippen LogP contribution in [0.5, 0.6) is 0 Å². The monoisotopic (exact) mass is 299 g/mol. The Balaban J connectivity index is 3.13. The summed E-state index contributed by atoms with van der Waals surface area (Å²) < 4.78 is 25.6. The maximum Gasteiger partial charge on any atom is 0.244 e. The predicted molar refractivity (Wildman–Crippen MR) is 73.1 cm³/mol. The average Bonchev–Trinajstić information content (AvgIpc) is 2.45. The van der Waals surface area contributed by atoms with Crippen molar-refractivity contribution in [1.29, 1.82) is 0 Å². The zero-order chi connectivity index (χ0) is 15.0. The van der Waals surface area contributed by atoms with E-state index in [0.29, 0.717) is 5.56 Å². The van der Waals surface area contributed by atoms with Gasteiger partial charge < -0.3 is 15.9 Å². The van der Waals surface area contributed by atoms with Crippen molar-refractivity contribution in [3.8, 4) is 11.8 Å². The molecule has 0 bridgehead atoms. The van der Waals surface area contributed by atoms with Crippen LogP contribution in [0.3, 0.4) is 0 Å². The molecular weight excluding hydrogens is 282 g/mol. The molecule has 0 aromatic carbocycles. The number of nitrogens with zero attached hydrogens (tertiary/aromatic N) is 2. The van der Waals surface area contributed by atoms with Gasteiger partial charge in [-0.1, -0.05) is 11.8 Å². The first-order valence-electron chi connectivity index (χ1n) is 5.92. The molecule has 0 aliphatic heterocycles. The molecular formula is C12H17N3O4S. The standard InChI is InChI=1S/C12H17N3O4S/c13-3-1-2-11-8-12(10-14-9-11)20(18,19)15(4-6-16)5-7-17/h8-10,16-17H,3-7,13H2. The number of aliphatic hydroxyl groups is 2. The molecule has 1 rings (SSSR count). The number of rotatable bonds is 6. The molecule has 0 radical (unpaired) electrons. The summed E-state index contributed by atoms with van der Waals surface area (Å²) in [5.41, 5.74) is 5.69. The van der Waals surface area contributed by atoms with Crippen LogP contribution in [-0.4, -0.2) is 60.8 Å². The molecule has 4 N–H and O–H groups in total. The van der Waals surface area contributed by atoms with Crippen LogP contribution in [0.4, 0.5) is 0 Å². The molecule has 0 saturated carbocycles. The lowest BCUT2D eigenvalue weighted by Crippen LogP contribution is -2.35. The Morgan fingerprint density at radius 1 is 1.25 bits per heavy atom. The summed E-state index contributed by atoms with van der Waals surface area (Å²) in [5.74, 6) is 5.31. The maximum absolute atomic E-state index is 12.3. The van der Waals surface area contributed by atoms with Gasteiger partial charge in [0.2, 0.25) is 10.0 Å². The highest BCUT2D eigenvalue weighted by Crippen LogP contribution is 2.15. The molecule has 110 valence electrons. The van der Waals surface area contributed by atoms with Gasteiger partial charge in [-0.25, -0.2) is 8.42 Å². The van der Waals surface area contributed by atoms with Crippen molar-refractivity contribution in [3.63, 3.8) is 0 Å². The highest BCUT2D eigenvalue weighted by Gasteiger charge is 2.24. The van der Waals surface area contributed by atoms with Gasteiger partial charge in [0, 0.05) is 31.0 Å². The van der Waals surface area contributed by atoms with E-state index >= 15 is 0 Å². The Labute approximate surface area is 118 Å². The molecule has 0 aliphatic carbocycles. The van der Waals surface area contributed by atoms with Gasteiger partial charge in [0.05, 0.1) is 19.8 Å². The van der Waals surface area contributed by atoms with Gasteiger partial charge in [0.1, 0.15) is 4.90 Å². The smallest absolute Gasteiger partial charge is 0.244 e. The third-order valence-corrected chi connectivity index (χ3v) is 4.25. The third kappa shape index (κ3) is 4.26. The van der Waals surface area contributed by atoms with Gasteiger partial charge in [-0.05, 0) is 6.07 Å². The van der Waals surface area contributed by atoms with E-state index in [1.165, 1.54) is 18.5 Å². The van der Waals surface area contributed by atoms with Gasteiger partial charge in [-0.15, -0.1) is 0 Å². The molecule has 0 spiro atoms. The van der Waals surface area contributed by atoms with Crippen LogP contribution in [0.2, 0.25) is 0 Å². The fourth-order valence-corrected chi connectivity index (χ4v) is 2.92. The highest BCUT2D eigenvalue weighted by atomic mass is 32.2. The molecule has 8 heteroatoms. The van der Waals surface area contributed by atoms with Crippen LogP contribution in [0.15, 0.2) is 23.4 Å². The van der Waals surface area contributed by atoms with Crippen molar-refractivity contribution < 1.29 is 18.6 Å². The topological polar surface area (TPSA) is 117 Å². The highest BCUT2D eigenvalue weighted by molar-refractivity contribution is 7.89. The van der Waals surface area contributed by atoms with Crippen molar-refractivity contribution in [2.45, 2.75) is 4.90 Å². The van der Waals surface area contributed by atoms with Crippen LogP contribution < -0.4 is 5.73 Å². The number of aromatic nitrogens is 1. The summed E-state index contributed by atoms with van der Waals surface area (Å²) in [5, 5.41) is 17.8. The van der Waals surface area contributed by atoms with Gasteiger partial charge in [-0.3, -0.25) is 4.98 Å². The molecule has 1 aromatic rings. The molecule has 20 heavy (non-hydrogen) atoms. The Morgan fingerprint density at radius 2 is 1.90 bits per heavy atom. The lowest BCUT2D eigenvalue weighted by molar-refractivity contribution is 0.217. The van der Waals surface area contributed by atoms with Crippen molar-refractivity contribution in [3.05, 3.63) is 24.0 Å². The number of sulfonamides is 1. The molecule has 7 nitrogen and oxygen atoms in total. The minimum Gasteiger partial charge on any atom is -0.395 e. The Kier molecular flexibility index (Phi) is 6.57. The minimum absolute atomic E-state index is 0.0387. The van der Waals surface area contributed by atoms with Crippen LogP contribution >= 0.6 is 0 Å². The second-order valence-electron chi connectivity index (χ2n) is 3.77. The average molecular weight is 299 g/mol. The second-order valence-corrected chi connectivity index (χ2v) is 5.70. The quantitative estimate of drug-likeness (QED) is 0.543. The molecule has 0 aliphatic rings. The number of pyridine rings is 1. The lowest BCUT2D eigenvalue weighted by Gasteiger charge is -2.20. The molecule has 1 aromatic heterocycles. The number of hydrogen-bond donors (Lipinski definition) is 3. The van der Waals surface area contributed by atoms with Crippen LogP contribution in [0, 0.1) is 11.8 Å². The van der Waals surface area contributed by atoms with E-state index in [0.717, 1.165) is 4.31 Å². The van der Waals surface area contributed by atoms with Crippen molar-refractivity contribution in [2.75, 3.05) is 32.8 Å². The summed E-state index contributed by atoms with van der Waals surface area (Å²) >= 11 is 0. The van der Waals surface area contributed by atoms with Crippen molar-refractivity contribution >= 4 is 10.0 Å². The van der Waals surface area contributed by atoms with Crippen molar-refractivity contribution in [1.82, 2.24) is 9.29 Å². The first-order chi connectivity index (χ1) is 9.56. The predicted octanol–water partition coefficient (Wildman–Crippen LogP) is -1.63. The summed E-state index contributed by atoms with van der Waals surface area (Å²) in [4.78, 5) is 3.79. The zero-order valence-electron chi connectivity index (χ0n) is 10.9. The van der Waals surface area contributed by atoms with Gasteiger partial charge in [0.15, 0.2) is 0 Å². The van der Waals surface area contributed by atoms with E-state index in [4.69, 9.17) is 15.9 Å².